The first-order valence-corrected chi connectivity index (χ1v) is 9.35. The highest BCUT2D eigenvalue weighted by atomic mass is 15.1. The Morgan fingerprint density at radius 1 is 1.07 bits per heavy atom. The number of allylic oxidation sites excluding steroid dienone is 3. The summed E-state index contributed by atoms with van der Waals surface area (Å²) in [5, 5.41) is 19.1. The van der Waals surface area contributed by atoms with Gasteiger partial charge in [-0.2, -0.15) is 10.5 Å². The van der Waals surface area contributed by atoms with Crippen molar-refractivity contribution in [1.29, 1.82) is 10.5 Å². The molecule has 5 nitrogen and oxygen atoms in total. The number of rotatable bonds is 4. The molecule has 0 amide bonds. The van der Waals surface area contributed by atoms with Gasteiger partial charge < -0.3 is 10.6 Å². The molecule has 2 N–H and O–H groups in total. The third-order valence-electron chi connectivity index (χ3n) is 5.32. The van der Waals surface area contributed by atoms with Gasteiger partial charge in [-0.25, -0.2) is 4.98 Å². The van der Waals surface area contributed by atoms with Gasteiger partial charge in [0.15, 0.2) is 0 Å². The molecular formula is C23H23N5. The minimum absolute atomic E-state index is 0.170. The maximum Gasteiger partial charge on any atom is 0.142 e. The molecule has 1 heterocycles. The zero-order valence-corrected chi connectivity index (χ0v) is 16.7. The van der Waals surface area contributed by atoms with Crippen LogP contribution in [0.2, 0.25) is 0 Å². The van der Waals surface area contributed by atoms with Crippen LogP contribution in [0, 0.1) is 29.6 Å². The highest BCUT2D eigenvalue weighted by molar-refractivity contribution is 6.08. The van der Waals surface area contributed by atoms with Crippen LogP contribution in [0.1, 0.15) is 48.7 Å². The number of benzene rings is 1. The van der Waals surface area contributed by atoms with E-state index in [0.29, 0.717) is 16.8 Å². The number of pyridine rings is 1. The molecule has 3 rings (SSSR count). The minimum atomic E-state index is 0.170. The van der Waals surface area contributed by atoms with Gasteiger partial charge >= 0.3 is 0 Å². The van der Waals surface area contributed by atoms with E-state index in [9.17, 15) is 10.5 Å². The molecule has 0 saturated carbocycles. The van der Waals surface area contributed by atoms with E-state index in [1.165, 1.54) is 5.69 Å². The zero-order valence-electron chi connectivity index (χ0n) is 16.7. The van der Waals surface area contributed by atoms with Crippen LogP contribution in [0.3, 0.4) is 0 Å². The van der Waals surface area contributed by atoms with Crippen molar-refractivity contribution in [3.05, 3.63) is 57.8 Å². The summed E-state index contributed by atoms with van der Waals surface area (Å²) < 4.78 is 0. The Morgan fingerprint density at radius 2 is 1.71 bits per heavy atom. The van der Waals surface area contributed by atoms with Gasteiger partial charge in [0.25, 0.3) is 0 Å². The molecule has 0 spiro atoms. The fourth-order valence-corrected chi connectivity index (χ4v) is 3.73. The number of nitrogens with two attached hydrogens (primary N) is 1. The first-order chi connectivity index (χ1) is 13.5. The number of hydrogen-bond acceptors (Lipinski definition) is 5. The highest BCUT2D eigenvalue weighted by Crippen LogP contribution is 2.44. The second-order valence-electron chi connectivity index (χ2n) is 6.77. The van der Waals surface area contributed by atoms with Crippen LogP contribution in [0.15, 0.2) is 29.8 Å². The van der Waals surface area contributed by atoms with Crippen molar-refractivity contribution >= 4 is 28.7 Å². The van der Waals surface area contributed by atoms with E-state index in [2.05, 4.69) is 66.2 Å². The fraction of sp³-hybridized carbons (Fsp3) is 0.261. The Bertz CT molecular complexity index is 1070. The predicted octanol–water partition coefficient (Wildman–Crippen LogP) is 4.54. The summed E-state index contributed by atoms with van der Waals surface area (Å²) in [7, 11) is 0. The van der Waals surface area contributed by atoms with E-state index in [1.807, 2.05) is 13.8 Å². The lowest BCUT2D eigenvalue weighted by Crippen LogP contribution is -2.21. The summed E-state index contributed by atoms with van der Waals surface area (Å²) >= 11 is 0. The Labute approximate surface area is 166 Å². The number of fused-ring (bicyclic) bond motifs is 1. The van der Waals surface area contributed by atoms with Gasteiger partial charge in [0.05, 0.1) is 16.8 Å². The second-order valence-corrected chi connectivity index (χ2v) is 6.77. The number of hydrogen-bond donors (Lipinski definition) is 1. The van der Waals surface area contributed by atoms with Crippen molar-refractivity contribution in [1.82, 2.24) is 4.98 Å². The molecule has 2 aromatic rings. The Hall–Kier alpha value is -3.57. The van der Waals surface area contributed by atoms with E-state index in [1.54, 1.807) is 0 Å². The molecule has 1 aromatic heterocycles. The molecular weight excluding hydrogens is 346 g/mol. The van der Waals surface area contributed by atoms with E-state index in [-0.39, 0.29) is 5.82 Å². The second kappa shape index (κ2) is 7.58. The average molecular weight is 369 g/mol. The maximum absolute atomic E-state index is 9.64. The molecule has 0 aliphatic heterocycles. The monoisotopic (exact) mass is 369 g/mol. The van der Waals surface area contributed by atoms with Crippen LogP contribution >= 0.6 is 0 Å². The number of nitrogens with zero attached hydrogens (tertiary/aromatic N) is 4. The summed E-state index contributed by atoms with van der Waals surface area (Å²) in [6.45, 7) is 9.97. The van der Waals surface area contributed by atoms with E-state index >= 15 is 0 Å². The normalized spacial score (nSPS) is 14.0. The third kappa shape index (κ3) is 3.02. The van der Waals surface area contributed by atoms with E-state index in [4.69, 9.17) is 5.73 Å². The molecule has 0 saturated heterocycles. The molecule has 1 aliphatic carbocycles. The first-order valence-electron chi connectivity index (χ1n) is 9.35. The van der Waals surface area contributed by atoms with Crippen LogP contribution in [0.25, 0.3) is 17.2 Å². The smallest absolute Gasteiger partial charge is 0.142 e. The van der Waals surface area contributed by atoms with E-state index in [0.717, 1.165) is 40.9 Å². The van der Waals surface area contributed by atoms with Crippen molar-refractivity contribution in [2.75, 3.05) is 23.7 Å². The summed E-state index contributed by atoms with van der Waals surface area (Å²) in [5.41, 5.74) is 13.0. The lowest BCUT2D eigenvalue weighted by molar-refractivity contribution is 0.866. The number of anilines is 2. The van der Waals surface area contributed by atoms with Gasteiger partial charge in [0.1, 0.15) is 18.0 Å². The van der Waals surface area contributed by atoms with Crippen LogP contribution in [0.5, 0.6) is 0 Å². The zero-order chi connectivity index (χ0) is 20.4. The minimum Gasteiger partial charge on any atom is -0.383 e. The predicted molar refractivity (Wildman–Crippen MR) is 114 cm³/mol. The van der Waals surface area contributed by atoms with Gasteiger partial charge in [-0.1, -0.05) is 12.1 Å². The number of nitriles is 2. The van der Waals surface area contributed by atoms with Crippen molar-refractivity contribution in [3.8, 4) is 12.1 Å². The average Bonchev–Trinajstić information content (AvgIpc) is 2.95. The SMILES string of the molecule is CCN(CC)c1ccc(/C=C2\C(C)=C(C#N)c3nc(N)c(C#N)c(C)c32)cc1. The van der Waals surface area contributed by atoms with Crippen LogP contribution in [-0.2, 0) is 0 Å². The standard InChI is InChI=1S/C23H23N5/c1-5-28(6-2)17-9-7-16(8-10-17)11-18-14(3)19(12-24)22-21(18)15(4)20(13-25)23(26)27-22/h7-11H,5-6H2,1-4H3,(H2,26,27)/b18-11+. The third-order valence-corrected chi connectivity index (χ3v) is 5.32. The summed E-state index contributed by atoms with van der Waals surface area (Å²) in [6.07, 6.45) is 2.05. The Kier molecular flexibility index (Phi) is 5.20. The molecule has 0 bridgehead atoms. The van der Waals surface area contributed by atoms with Crippen LogP contribution in [0.4, 0.5) is 11.5 Å². The Morgan fingerprint density at radius 3 is 2.25 bits per heavy atom. The molecule has 5 heteroatoms. The molecule has 0 atom stereocenters. The fourth-order valence-electron chi connectivity index (χ4n) is 3.73. The molecule has 0 fully saturated rings. The maximum atomic E-state index is 9.64. The van der Waals surface area contributed by atoms with Gasteiger partial charge in [-0.05, 0) is 68.2 Å². The number of aromatic nitrogens is 1. The molecule has 0 unspecified atom stereocenters. The quantitative estimate of drug-likeness (QED) is 0.854. The van der Waals surface area contributed by atoms with Crippen LogP contribution < -0.4 is 10.6 Å². The Balaban J connectivity index is 2.15. The summed E-state index contributed by atoms with van der Waals surface area (Å²) in [4.78, 5) is 6.66. The molecule has 1 aromatic carbocycles. The van der Waals surface area contributed by atoms with Crippen molar-refractivity contribution in [3.63, 3.8) is 0 Å². The topological polar surface area (TPSA) is 89.7 Å². The van der Waals surface area contributed by atoms with Crippen molar-refractivity contribution in [2.24, 2.45) is 0 Å². The van der Waals surface area contributed by atoms with Crippen molar-refractivity contribution < 1.29 is 0 Å². The largest absolute Gasteiger partial charge is 0.383 e. The summed E-state index contributed by atoms with van der Waals surface area (Å²) in [6, 6.07) is 12.7. The van der Waals surface area contributed by atoms with Gasteiger partial charge in [-0.3, -0.25) is 0 Å². The van der Waals surface area contributed by atoms with Gasteiger partial charge in [0, 0.05) is 24.3 Å². The van der Waals surface area contributed by atoms with Crippen molar-refractivity contribution in [2.45, 2.75) is 27.7 Å². The van der Waals surface area contributed by atoms with Gasteiger partial charge in [0.2, 0.25) is 0 Å². The molecule has 1 aliphatic rings. The molecule has 0 radical (unpaired) electrons. The molecule has 28 heavy (non-hydrogen) atoms. The number of nitrogen functional groups attached to an aromatic ring is 1. The lowest BCUT2D eigenvalue weighted by atomic mass is 9.95. The summed E-state index contributed by atoms with van der Waals surface area (Å²) in [5.74, 6) is 0.170. The highest BCUT2D eigenvalue weighted by Gasteiger charge is 2.29. The first kappa shape index (κ1) is 19.2. The van der Waals surface area contributed by atoms with Gasteiger partial charge in [-0.15, -0.1) is 0 Å². The van der Waals surface area contributed by atoms with E-state index < -0.39 is 0 Å². The lowest BCUT2D eigenvalue weighted by Gasteiger charge is -2.21. The molecule has 140 valence electrons. The van der Waals surface area contributed by atoms with Crippen LogP contribution in [-0.4, -0.2) is 18.1 Å².